The maximum absolute atomic E-state index is 11.1. The van der Waals surface area contributed by atoms with Crippen LogP contribution >= 0.6 is 0 Å². The van der Waals surface area contributed by atoms with E-state index in [1.54, 1.807) is 6.92 Å². The van der Waals surface area contributed by atoms with Gasteiger partial charge in [0.2, 0.25) is 5.91 Å². The zero-order chi connectivity index (χ0) is 13.7. The minimum Gasteiger partial charge on any atom is -0.326 e. The lowest BCUT2D eigenvalue weighted by molar-refractivity contribution is -0.114. The van der Waals surface area contributed by atoms with Gasteiger partial charge in [0.1, 0.15) is 0 Å². The number of carbonyl (C=O) groups is 1. The van der Waals surface area contributed by atoms with Gasteiger partial charge in [0, 0.05) is 18.7 Å². The molecule has 1 aromatic rings. The van der Waals surface area contributed by atoms with Crippen LogP contribution in [0.2, 0.25) is 0 Å². The summed E-state index contributed by atoms with van der Waals surface area (Å²) in [4.78, 5) is 11.1. The van der Waals surface area contributed by atoms with E-state index < -0.39 is 0 Å². The van der Waals surface area contributed by atoms with Crippen molar-refractivity contribution in [1.82, 2.24) is 5.32 Å². The zero-order valence-corrected chi connectivity index (χ0v) is 12.0. The number of anilines is 1. The van der Waals surface area contributed by atoms with Crippen LogP contribution in [0.3, 0.4) is 0 Å². The second kappa shape index (κ2) is 6.71. The molecule has 2 N–H and O–H groups in total. The van der Waals surface area contributed by atoms with E-state index in [9.17, 15) is 4.79 Å². The lowest BCUT2D eigenvalue weighted by Gasteiger charge is -2.26. The van der Waals surface area contributed by atoms with E-state index in [0.29, 0.717) is 6.04 Å². The summed E-state index contributed by atoms with van der Waals surface area (Å²) in [6, 6.07) is 6.88. The smallest absolute Gasteiger partial charge is 0.221 e. The third kappa shape index (κ3) is 4.06. The van der Waals surface area contributed by atoms with Gasteiger partial charge in [-0.25, -0.2) is 0 Å². The third-order valence-corrected chi connectivity index (χ3v) is 3.72. The second-order valence-electron chi connectivity index (χ2n) is 5.41. The van der Waals surface area contributed by atoms with Crippen LogP contribution in [-0.4, -0.2) is 18.5 Å². The van der Waals surface area contributed by atoms with Crippen molar-refractivity contribution in [3.05, 3.63) is 29.3 Å². The van der Waals surface area contributed by atoms with Gasteiger partial charge in [-0.3, -0.25) is 4.79 Å². The first kappa shape index (κ1) is 14.1. The lowest BCUT2D eigenvalue weighted by Crippen LogP contribution is -2.35. The summed E-state index contributed by atoms with van der Waals surface area (Å²) in [7, 11) is 0. The molecule has 1 aliphatic rings. The predicted molar refractivity (Wildman–Crippen MR) is 79.5 cm³/mol. The number of hydrogen-bond donors (Lipinski definition) is 2. The highest BCUT2D eigenvalue weighted by molar-refractivity contribution is 5.88. The van der Waals surface area contributed by atoms with Crippen molar-refractivity contribution in [2.75, 3.05) is 11.9 Å². The fourth-order valence-corrected chi connectivity index (χ4v) is 2.70. The molecule has 19 heavy (non-hydrogen) atoms. The summed E-state index contributed by atoms with van der Waals surface area (Å²) in [5.74, 6) is -0.00613. The van der Waals surface area contributed by atoms with Crippen LogP contribution in [0.1, 0.15) is 44.2 Å². The molecule has 0 heterocycles. The van der Waals surface area contributed by atoms with E-state index >= 15 is 0 Å². The fraction of sp³-hybridized carbons (Fsp3) is 0.562. The van der Waals surface area contributed by atoms with Gasteiger partial charge >= 0.3 is 0 Å². The van der Waals surface area contributed by atoms with Crippen LogP contribution in [0.25, 0.3) is 0 Å². The van der Waals surface area contributed by atoms with Crippen LogP contribution < -0.4 is 10.6 Å². The van der Waals surface area contributed by atoms with Crippen molar-refractivity contribution < 1.29 is 4.79 Å². The number of benzene rings is 1. The van der Waals surface area contributed by atoms with Crippen molar-refractivity contribution in [1.29, 1.82) is 0 Å². The average molecular weight is 260 g/mol. The van der Waals surface area contributed by atoms with E-state index in [1.807, 2.05) is 6.07 Å². The summed E-state index contributed by atoms with van der Waals surface area (Å²) < 4.78 is 0. The van der Waals surface area contributed by atoms with E-state index in [1.165, 1.54) is 30.4 Å². The number of hydrogen-bond acceptors (Lipinski definition) is 2. The Labute approximate surface area is 115 Å². The van der Waals surface area contributed by atoms with Gasteiger partial charge < -0.3 is 10.6 Å². The molecule has 1 aliphatic carbocycles. The van der Waals surface area contributed by atoms with Gasteiger partial charge in [0.25, 0.3) is 0 Å². The number of aryl methyl sites for hydroxylation is 1. The Morgan fingerprint density at radius 1 is 1.37 bits per heavy atom. The highest BCUT2D eigenvalue weighted by atomic mass is 16.1. The Morgan fingerprint density at radius 3 is 2.95 bits per heavy atom. The summed E-state index contributed by atoms with van der Waals surface area (Å²) in [5, 5.41) is 6.50. The molecule has 0 aliphatic heterocycles. The van der Waals surface area contributed by atoms with Crippen molar-refractivity contribution in [3.8, 4) is 0 Å². The number of fused-ring (bicyclic) bond motifs is 1. The number of carbonyl (C=O) groups excluding carboxylic acids is 1. The third-order valence-electron chi connectivity index (χ3n) is 3.72. The molecule has 0 spiro atoms. The van der Waals surface area contributed by atoms with Crippen LogP contribution in [0.15, 0.2) is 18.2 Å². The first-order valence-electron chi connectivity index (χ1n) is 7.32. The Morgan fingerprint density at radius 2 is 2.21 bits per heavy atom. The summed E-state index contributed by atoms with van der Waals surface area (Å²) in [5.41, 5.74) is 3.73. The molecule has 3 nitrogen and oxygen atoms in total. The minimum absolute atomic E-state index is 0.00613. The second-order valence-corrected chi connectivity index (χ2v) is 5.41. The van der Waals surface area contributed by atoms with Crippen molar-refractivity contribution in [3.63, 3.8) is 0 Å². The van der Waals surface area contributed by atoms with Crippen molar-refractivity contribution in [2.45, 2.75) is 52.0 Å². The molecule has 3 heteroatoms. The normalized spacial score (nSPS) is 17.9. The SMILES string of the molecule is CCCCNC1CCc2ccc(NC(C)=O)cc2C1. The van der Waals surface area contributed by atoms with E-state index in [2.05, 4.69) is 29.7 Å². The topological polar surface area (TPSA) is 41.1 Å². The molecule has 1 unspecified atom stereocenters. The number of rotatable bonds is 5. The molecule has 0 aromatic heterocycles. The standard InChI is InChI=1S/C16H24N2O/c1-3-4-9-17-15-7-5-13-6-8-16(18-12(2)19)11-14(13)10-15/h6,8,11,15,17H,3-5,7,9-10H2,1-2H3,(H,18,19). The molecular weight excluding hydrogens is 236 g/mol. The van der Waals surface area contributed by atoms with Gasteiger partial charge in [0.15, 0.2) is 0 Å². The molecule has 104 valence electrons. The van der Waals surface area contributed by atoms with Crippen molar-refractivity contribution >= 4 is 11.6 Å². The Hall–Kier alpha value is -1.35. The molecule has 1 aromatic carbocycles. The Kier molecular flexibility index (Phi) is 4.97. The molecule has 0 radical (unpaired) electrons. The Balaban J connectivity index is 1.99. The molecule has 1 amide bonds. The monoisotopic (exact) mass is 260 g/mol. The maximum Gasteiger partial charge on any atom is 0.221 e. The molecule has 2 rings (SSSR count). The molecule has 0 saturated heterocycles. The van der Waals surface area contributed by atoms with Gasteiger partial charge in [-0.1, -0.05) is 19.4 Å². The highest BCUT2D eigenvalue weighted by Crippen LogP contribution is 2.24. The van der Waals surface area contributed by atoms with Crippen LogP contribution in [-0.2, 0) is 17.6 Å². The predicted octanol–water partition coefficient (Wildman–Crippen LogP) is 2.89. The molecule has 0 saturated carbocycles. The average Bonchev–Trinajstić information content (AvgIpc) is 2.38. The quantitative estimate of drug-likeness (QED) is 0.799. The molecule has 0 bridgehead atoms. The zero-order valence-electron chi connectivity index (χ0n) is 12.0. The van der Waals surface area contributed by atoms with Gasteiger partial charge in [0.05, 0.1) is 0 Å². The van der Waals surface area contributed by atoms with Crippen LogP contribution in [0.4, 0.5) is 5.69 Å². The number of nitrogens with one attached hydrogen (secondary N) is 2. The van der Waals surface area contributed by atoms with Crippen LogP contribution in [0, 0.1) is 0 Å². The van der Waals surface area contributed by atoms with Gasteiger partial charge in [-0.2, -0.15) is 0 Å². The van der Waals surface area contributed by atoms with E-state index in [4.69, 9.17) is 0 Å². The Bertz CT molecular complexity index is 442. The van der Waals surface area contributed by atoms with E-state index in [-0.39, 0.29) is 5.91 Å². The number of unbranched alkanes of at least 4 members (excludes halogenated alkanes) is 1. The molecule has 1 atom stereocenters. The molecular formula is C16H24N2O. The maximum atomic E-state index is 11.1. The highest BCUT2D eigenvalue weighted by Gasteiger charge is 2.18. The lowest BCUT2D eigenvalue weighted by atomic mass is 9.88. The molecule has 0 fully saturated rings. The number of amides is 1. The fourth-order valence-electron chi connectivity index (χ4n) is 2.70. The first-order chi connectivity index (χ1) is 9.19. The minimum atomic E-state index is -0.00613. The van der Waals surface area contributed by atoms with Gasteiger partial charge in [-0.15, -0.1) is 0 Å². The first-order valence-corrected chi connectivity index (χ1v) is 7.32. The summed E-state index contributed by atoms with van der Waals surface area (Å²) in [6.07, 6.45) is 5.92. The summed E-state index contributed by atoms with van der Waals surface area (Å²) >= 11 is 0. The van der Waals surface area contributed by atoms with Crippen LogP contribution in [0.5, 0.6) is 0 Å². The largest absolute Gasteiger partial charge is 0.326 e. The van der Waals surface area contributed by atoms with E-state index in [0.717, 1.165) is 25.1 Å². The van der Waals surface area contributed by atoms with Gasteiger partial charge in [-0.05, 0) is 55.5 Å². The summed E-state index contributed by atoms with van der Waals surface area (Å²) in [6.45, 7) is 4.88. The van der Waals surface area contributed by atoms with Crippen molar-refractivity contribution in [2.24, 2.45) is 0 Å².